The molecule has 0 amide bonds. The molecule has 66 valence electrons. The fraction of sp³-hybridized carbons (Fsp3) is 0.800. The third-order valence-electron chi connectivity index (χ3n) is 3.88. The second-order valence-electron chi connectivity index (χ2n) is 4.69. The molecular weight excluding hydrogens is 152 g/mol. The number of rotatable bonds is 1. The number of fused-ring (bicyclic) bond motifs is 2. The van der Waals surface area contributed by atoms with Crippen LogP contribution in [0.1, 0.15) is 26.7 Å². The molecule has 0 saturated heterocycles. The maximum atomic E-state index is 11.6. The van der Waals surface area contributed by atoms with Gasteiger partial charge in [-0.05, 0) is 24.2 Å². The molecule has 0 aliphatic heterocycles. The summed E-state index contributed by atoms with van der Waals surface area (Å²) in [5.41, 5.74) is 0.177. The molecule has 0 aromatic rings. The lowest BCUT2D eigenvalue weighted by atomic mass is 9.46. The lowest BCUT2D eigenvalue weighted by molar-refractivity contribution is -0.157. The van der Waals surface area contributed by atoms with Crippen molar-refractivity contribution in [2.24, 2.45) is 23.2 Å². The highest BCUT2D eigenvalue weighted by Crippen LogP contribution is 2.58. The molecule has 2 nitrogen and oxygen atoms in total. The summed E-state index contributed by atoms with van der Waals surface area (Å²) in [6.07, 6.45) is 2.65. The number of carbonyl (C=O) groups excluding carboxylic acids is 2. The van der Waals surface area contributed by atoms with Crippen LogP contribution < -0.4 is 0 Å². The van der Waals surface area contributed by atoms with Gasteiger partial charge in [-0.25, -0.2) is 0 Å². The molecule has 2 heteroatoms. The van der Waals surface area contributed by atoms with Crippen molar-refractivity contribution in [3.63, 3.8) is 0 Å². The van der Waals surface area contributed by atoms with Gasteiger partial charge in [0.15, 0.2) is 0 Å². The Morgan fingerprint density at radius 1 is 1.42 bits per heavy atom. The smallest absolute Gasteiger partial charge is 0.146 e. The van der Waals surface area contributed by atoms with Crippen LogP contribution in [0, 0.1) is 23.2 Å². The van der Waals surface area contributed by atoms with Crippen molar-refractivity contribution in [1.29, 1.82) is 0 Å². The first-order valence-electron chi connectivity index (χ1n) is 4.56. The van der Waals surface area contributed by atoms with Crippen LogP contribution >= 0.6 is 0 Å². The topological polar surface area (TPSA) is 34.1 Å². The van der Waals surface area contributed by atoms with Gasteiger partial charge in [0.05, 0.1) is 5.92 Å². The van der Waals surface area contributed by atoms with Crippen molar-refractivity contribution in [2.45, 2.75) is 26.7 Å². The van der Waals surface area contributed by atoms with Crippen molar-refractivity contribution in [3.8, 4) is 0 Å². The van der Waals surface area contributed by atoms with Crippen LogP contribution in [0.5, 0.6) is 0 Å². The lowest BCUT2D eigenvalue weighted by Gasteiger charge is -2.56. The van der Waals surface area contributed by atoms with Crippen molar-refractivity contribution < 1.29 is 9.59 Å². The summed E-state index contributed by atoms with van der Waals surface area (Å²) in [6, 6.07) is 0. The number of carbonyl (C=O) groups is 2. The quantitative estimate of drug-likeness (QED) is 0.436. The molecule has 3 aliphatic carbocycles. The van der Waals surface area contributed by atoms with Gasteiger partial charge in [0.25, 0.3) is 0 Å². The molecule has 3 atom stereocenters. The monoisotopic (exact) mass is 166 g/mol. The molecule has 0 aromatic carbocycles. The molecule has 12 heavy (non-hydrogen) atoms. The maximum Gasteiger partial charge on any atom is 0.146 e. The van der Waals surface area contributed by atoms with E-state index in [1.165, 1.54) is 0 Å². The van der Waals surface area contributed by atoms with E-state index in [-0.39, 0.29) is 23.0 Å². The van der Waals surface area contributed by atoms with Gasteiger partial charge in [0.1, 0.15) is 12.1 Å². The van der Waals surface area contributed by atoms with Crippen molar-refractivity contribution in [3.05, 3.63) is 0 Å². The van der Waals surface area contributed by atoms with Gasteiger partial charge < -0.3 is 4.79 Å². The van der Waals surface area contributed by atoms with E-state index in [9.17, 15) is 9.59 Å². The van der Waals surface area contributed by atoms with Crippen molar-refractivity contribution in [1.82, 2.24) is 0 Å². The van der Waals surface area contributed by atoms with E-state index >= 15 is 0 Å². The highest BCUT2D eigenvalue weighted by molar-refractivity contribution is 5.97. The van der Waals surface area contributed by atoms with Gasteiger partial charge in [-0.3, -0.25) is 4.79 Å². The molecule has 1 unspecified atom stereocenters. The highest BCUT2D eigenvalue weighted by Gasteiger charge is 2.57. The van der Waals surface area contributed by atoms with Crippen LogP contribution in [0.4, 0.5) is 0 Å². The minimum atomic E-state index is -0.276. The molecule has 3 aliphatic rings. The Bertz CT molecular complexity index is 242. The average Bonchev–Trinajstić information content (AvgIpc) is 2.03. The Morgan fingerprint density at radius 3 is 2.50 bits per heavy atom. The van der Waals surface area contributed by atoms with Gasteiger partial charge in [-0.15, -0.1) is 0 Å². The van der Waals surface area contributed by atoms with Crippen molar-refractivity contribution >= 4 is 12.1 Å². The molecule has 0 spiro atoms. The zero-order chi connectivity index (χ0) is 8.93. The Balaban J connectivity index is 2.22. The summed E-state index contributed by atoms with van der Waals surface area (Å²) >= 11 is 0. The first-order chi connectivity index (χ1) is 5.57. The van der Waals surface area contributed by atoms with Crippen LogP contribution in [0.3, 0.4) is 0 Å². The van der Waals surface area contributed by atoms with E-state index in [2.05, 4.69) is 13.8 Å². The van der Waals surface area contributed by atoms with Gasteiger partial charge in [-0.2, -0.15) is 0 Å². The maximum absolute atomic E-state index is 11.6. The largest absolute Gasteiger partial charge is 0.303 e. The number of ketones is 1. The second-order valence-corrected chi connectivity index (χ2v) is 4.69. The van der Waals surface area contributed by atoms with Crippen LogP contribution in [0.15, 0.2) is 0 Å². The van der Waals surface area contributed by atoms with Gasteiger partial charge in [0, 0.05) is 5.92 Å². The Kier molecular flexibility index (Phi) is 1.45. The van der Waals surface area contributed by atoms with Crippen LogP contribution in [0.25, 0.3) is 0 Å². The van der Waals surface area contributed by atoms with E-state index in [0.29, 0.717) is 5.92 Å². The summed E-state index contributed by atoms with van der Waals surface area (Å²) in [4.78, 5) is 22.1. The third-order valence-corrected chi connectivity index (χ3v) is 3.88. The number of aldehydes is 1. The second kappa shape index (κ2) is 2.18. The van der Waals surface area contributed by atoms with Crippen molar-refractivity contribution in [2.75, 3.05) is 0 Å². The van der Waals surface area contributed by atoms with Crippen LogP contribution in [-0.4, -0.2) is 12.1 Å². The van der Waals surface area contributed by atoms with E-state index in [1.807, 2.05) is 0 Å². The molecule has 0 heterocycles. The standard InChI is InChI=1S/C10H14O2/c1-10(2)7-3-6(5-11)9(12)8(10)4-7/h5-8H,3-4H2,1-2H3/t6?,7-,8-/m0/s1. The van der Waals surface area contributed by atoms with Gasteiger partial charge in [-0.1, -0.05) is 13.8 Å². The molecule has 2 bridgehead atoms. The number of hydrogen-bond donors (Lipinski definition) is 0. The molecule has 3 fully saturated rings. The molecule has 0 radical (unpaired) electrons. The van der Waals surface area contributed by atoms with E-state index in [1.54, 1.807) is 0 Å². The summed E-state index contributed by atoms with van der Waals surface area (Å²) in [5.74, 6) is 0.695. The predicted molar refractivity (Wildman–Crippen MR) is 44.6 cm³/mol. The summed E-state index contributed by atoms with van der Waals surface area (Å²) in [7, 11) is 0. The Labute approximate surface area is 72.3 Å². The minimum absolute atomic E-state index is 0.173. The number of hydrogen-bond acceptors (Lipinski definition) is 2. The molecular formula is C10H14O2. The van der Waals surface area contributed by atoms with Crippen LogP contribution in [0.2, 0.25) is 0 Å². The third kappa shape index (κ3) is 0.755. The zero-order valence-electron chi connectivity index (χ0n) is 7.54. The summed E-state index contributed by atoms with van der Waals surface area (Å²) < 4.78 is 0. The molecule has 0 N–H and O–H groups in total. The highest BCUT2D eigenvalue weighted by atomic mass is 16.1. The summed E-state index contributed by atoms with van der Waals surface area (Å²) in [5, 5.41) is 0. The molecule has 0 aromatic heterocycles. The van der Waals surface area contributed by atoms with E-state index < -0.39 is 0 Å². The predicted octanol–water partition coefficient (Wildman–Crippen LogP) is 1.44. The first kappa shape index (κ1) is 7.96. The van der Waals surface area contributed by atoms with E-state index in [0.717, 1.165) is 19.1 Å². The minimum Gasteiger partial charge on any atom is -0.303 e. The zero-order valence-corrected chi connectivity index (χ0v) is 7.54. The van der Waals surface area contributed by atoms with Gasteiger partial charge in [0.2, 0.25) is 0 Å². The lowest BCUT2D eigenvalue weighted by Crippen LogP contribution is -2.56. The molecule has 3 rings (SSSR count). The SMILES string of the molecule is CC1(C)[C@H]2CC(C=O)C(=O)[C@@H]1C2. The Hall–Kier alpha value is -0.660. The van der Waals surface area contributed by atoms with E-state index in [4.69, 9.17) is 0 Å². The first-order valence-corrected chi connectivity index (χ1v) is 4.56. The summed E-state index contributed by atoms with van der Waals surface area (Å²) in [6.45, 7) is 4.29. The normalized spacial score (nSPS) is 43.5. The number of Topliss-reactive ketones (excluding diaryl/α,β-unsaturated/α-hetero) is 1. The molecule has 3 saturated carbocycles. The Morgan fingerprint density at radius 2 is 2.08 bits per heavy atom. The fourth-order valence-electron chi connectivity index (χ4n) is 2.70. The average molecular weight is 166 g/mol. The van der Waals surface area contributed by atoms with Gasteiger partial charge >= 0.3 is 0 Å². The fourth-order valence-corrected chi connectivity index (χ4v) is 2.70. The van der Waals surface area contributed by atoms with Crippen LogP contribution in [-0.2, 0) is 9.59 Å².